The van der Waals surface area contributed by atoms with Crippen molar-refractivity contribution in [3.05, 3.63) is 12.2 Å². The Kier molecular flexibility index (Phi) is 50.1. The standard InChI is InChI=1S/C55H107NO5/c1-3-5-7-9-11-13-15-16-17-18-19-20-21-25-29-33-37-41-45-49-55(60)61-50-46-42-38-34-30-26-23-22-24-28-32-36-40-44-48-54(59)56-52(51-57)53(58)47-43-39-35-31-27-14-12-10-8-6-4-2/h43,47,52-53,57-58H,3-42,44-46,48-51H2,1-2H3,(H,56,59)/b47-43+. The van der Waals surface area contributed by atoms with Gasteiger partial charge in [-0.15, -0.1) is 0 Å². The predicted octanol–water partition coefficient (Wildman–Crippen LogP) is 16.5. The van der Waals surface area contributed by atoms with Gasteiger partial charge in [-0.25, -0.2) is 0 Å². The van der Waals surface area contributed by atoms with Crippen LogP contribution < -0.4 is 5.32 Å². The number of aliphatic hydroxyl groups is 2. The highest BCUT2D eigenvalue weighted by Crippen LogP contribution is 2.17. The zero-order valence-corrected chi connectivity index (χ0v) is 41.2. The van der Waals surface area contributed by atoms with Crippen LogP contribution in [0.1, 0.15) is 303 Å². The van der Waals surface area contributed by atoms with E-state index in [0.717, 1.165) is 57.8 Å². The van der Waals surface area contributed by atoms with Crippen molar-refractivity contribution >= 4 is 11.9 Å². The Bertz CT molecular complexity index is 909. The van der Waals surface area contributed by atoms with E-state index < -0.39 is 12.1 Å². The molecule has 0 heterocycles. The van der Waals surface area contributed by atoms with E-state index in [-0.39, 0.29) is 18.5 Å². The first-order valence-electron chi connectivity index (χ1n) is 27.5. The smallest absolute Gasteiger partial charge is 0.305 e. The van der Waals surface area contributed by atoms with Crippen LogP contribution in [0.2, 0.25) is 0 Å². The van der Waals surface area contributed by atoms with Crippen molar-refractivity contribution in [2.24, 2.45) is 0 Å². The number of allylic oxidation sites excluding steroid dienone is 1. The SMILES string of the molecule is CCCCCCCCCCC/C=C/C(O)C(CO)NC(=O)CCCCCCCCCCCCCCCCOC(=O)CCCCCCCCCCCCCCCCCCCCC. The van der Waals surface area contributed by atoms with Crippen molar-refractivity contribution in [3.63, 3.8) is 0 Å². The van der Waals surface area contributed by atoms with Crippen LogP contribution in [0.5, 0.6) is 0 Å². The van der Waals surface area contributed by atoms with Crippen molar-refractivity contribution in [2.75, 3.05) is 13.2 Å². The first-order valence-corrected chi connectivity index (χ1v) is 27.5. The first-order chi connectivity index (χ1) is 30.0. The summed E-state index contributed by atoms with van der Waals surface area (Å²) >= 11 is 0. The molecule has 0 aliphatic rings. The molecule has 1 amide bonds. The maximum atomic E-state index is 12.4. The monoisotopic (exact) mass is 862 g/mol. The molecule has 0 fully saturated rings. The van der Waals surface area contributed by atoms with Crippen molar-refractivity contribution in [1.29, 1.82) is 0 Å². The molecule has 0 radical (unpaired) electrons. The van der Waals surface area contributed by atoms with Gasteiger partial charge in [-0.2, -0.15) is 0 Å². The normalized spacial score (nSPS) is 12.7. The fourth-order valence-corrected chi connectivity index (χ4v) is 8.58. The number of amides is 1. The van der Waals surface area contributed by atoms with Gasteiger partial charge in [0.25, 0.3) is 0 Å². The van der Waals surface area contributed by atoms with Gasteiger partial charge in [0, 0.05) is 12.8 Å². The molecule has 0 saturated carbocycles. The minimum Gasteiger partial charge on any atom is -0.466 e. The zero-order chi connectivity index (χ0) is 44.4. The van der Waals surface area contributed by atoms with Crippen LogP contribution in [0.25, 0.3) is 0 Å². The maximum Gasteiger partial charge on any atom is 0.305 e. The van der Waals surface area contributed by atoms with Crippen LogP contribution in [0.4, 0.5) is 0 Å². The van der Waals surface area contributed by atoms with E-state index >= 15 is 0 Å². The van der Waals surface area contributed by atoms with Gasteiger partial charge < -0.3 is 20.3 Å². The fraction of sp³-hybridized carbons (Fsp3) is 0.927. The van der Waals surface area contributed by atoms with Crippen LogP contribution in [-0.4, -0.2) is 47.4 Å². The Morgan fingerprint density at radius 3 is 1.11 bits per heavy atom. The summed E-state index contributed by atoms with van der Waals surface area (Å²) in [5.41, 5.74) is 0. The summed E-state index contributed by atoms with van der Waals surface area (Å²) < 4.78 is 5.48. The average molecular weight is 862 g/mol. The second-order valence-electron chi connectivity index (χ2n) is 18.9. The van der Waals surface area contributed by atoms with Crippen LogP contribution in [0.3, 0.4) is 0 Å². The van der Waals surface area contributed by atoms with Crippen LogP contribution in [0, 0.1) is 0 Å². The summed E-state index contributed by atoms with van der Waals surface area (Å²) in [6.07, 6.45) is 59.4. The Morgan fingerprint density at radius 1 is 0.443 bits per heavy atom. The summed E-state index contributed by atoms with van der Waals surface area (Å²) in [6, 6.07) is -0.633. The number of ether oxygens (including phenoxy) is 1. The number of nitrogens with one attached hydrogen (secondary N) is 1. The van der Waals surface area contributed by atoms with Crippen molar-refractivity contribution in [1.82, 2.24) is 5.32 Å². The van der Waals surface area contributed by atoms with Gasteiger partial charge in [-0.05, 0) is 32.1 Å². The summed E-state index contributed by atoms with van der Waals surface area (Å²) in [7, 11) is 0. The molecular formula is C55H107NO5. The molecule has 2 atom stereocenters. The number of hydrogen-bond acceptors (Lipinski definition) is 5. The second kappa shape index (κ2) is 51.2. The minimum absolute atomic E-state index is 0.00134. The molecule has 0 aromatic heterocycles. The van der Waals surface area contributed by atoms with E-state index in [1.807, 2.05) is 6.08 Å². The topological polar surface area (TPSA) is 95.9 Å². The number of rotatable bonds is 51. The van der Waals surface area contributed by atoms with Gasteiger partial charge in [0.1, 0.15) is 0 Å². The van der Waals surface area contributed by atoms with E-state index in [1.54, 1.807) is 6.08 Å². The highest BCUT2D eigenvalue weighted by molar-refractivity contribution is 5.76. The molecule has 0 aromatic carbocycles. The van der Waals surface area contributed by atoms with Gasteiger partial charge in [-0.3, -0.25) is 9.59 Å². The minimum atomic E-state index is -0.849. The Labute approximate surface area is 380 Å². The number of carbonyl (C=O) groups excluding carboxylic acids is 2. The zero-order valence-electron chi connectivity index (χ0n) is 41.2. The third kappa shape index (κ3) is 47.9. The third-order valence-electron chi connectivity index (χ3n) is 12.8. The van der Waals surface area contributed by atoms with Gasteiger partial charge in [0.05, 0.1) is 25.4 Å². The summed E-state index contributed by atoms with van der Waals surface area (Å²) in [4.78, 5) is 24.5. The van der Waals surface area contributed by atoms with Crippen LogP contribution in [0.15, 0.2) is 12.2 Å². The maximum absolute atomic E-state index is 12.4. The van der Waals surface area contributed by atoms with Crippen molar-refractivity contribution < 1.29 is 24.5 Å². The van der Waals surface area contributed by atoms with E-state index in [0.29, 0.717) is 19.4 Å². The third-order valence-corrected chi connectivity index (χ3v) is 12.8. The summed E-state index contributed by atoms with van der Waals surface area (Å²) in [5.74, 6) is -0.0772. The second-order valence-corrected chi connectivity index (χ2v) is 18.9. The van der Waals surface area contributed by atoms with E-state index in [9.17, 15) is 19.8 Å². The lowest BCUT2D eigenvalue weighted by Gasteiger charge is -2.20. The number of carbonyl (C=O) groups is 2. The summed E-state index contributed by atoms with van der Waals surface area (Å²) in [6.45, 7) is 4.88. The molecular weight excluding hydrogens is 755 g/mol. The lowest BCUT2D eigenvalue weighted by atomic mass is 10.0. The number of aliphatic hydroxyl groups excluding tert-OH is 2. The van der Waals surface area contributed by atoms with Gasteiger partial charge in [-0.1, -0.05) is 270 Å². The first kappa shape index (κ1) is 59.6. The Balaban J connectivity index is 3.40. The molecule has 3 N–H and O–H groups in total. The van der Waals surface area contributed by atoms with Crippen molar-refractivity contribution in [2.45, 2.75) is 315 Å². The lowest BCUT2D eigenvalue weighted by Crippen LogP contribution is -2.45. The van der Waals surface area contributed by atoms with E-state index in [2.05, 4.69) is 19.2 Å². The Hall–Kier alpha value is -1.40. The highest BCUT2D eigenvalue weighted by atomic mass is 16.5. The largest absolute Gasteiger partial charge is 0.466 e. The molecule has 0 rings (SSSR count). The molecule has 0 saturated heterocycles. The molecule has 362 valence electrons. The molecule has 0 bridgehead atoms. The highest BCUT2D eigenvalue weighted by Gasteiger charge is 2.18. The predicted molar refractivity (Wildman–Crippen MR) is 264 cm³/mol. The molecule has 6 heteroatoms. The molecule has 2 unspecified atom stereocenters. The lowest BCUT2D eigenvalue weighted by molar-refractivity contribution is -0.143. The molecule has 6 nitrogen and oxygen atoms in total. The van der Waals surface area contributed by atoms with Crippen LogP contribution >= 0.6 is 0 Å². The van der Waals surface area contributed by atoms with E-state index in [1.165, 1.54) is 218 Å². The van der Waals surface area contributed by atoms with E-state index in [4.69, 9.17) is 4.74 Å². The quantitative estimate of drug-likeness (QED) is 0.0322. The summed E-state index contributed by atoms with van der Waals surface area (Å²) in [5, 5.41) is 23.0. The Morgan fingerprint density at radius 2 is 0.754 bits per heavy atom. The molecule has 0 aliphatic heterocycles. The molecule has 61 heavy (non-hydrogen) atoms. The number of esters is 1. The molecule has 0 aliphatic carbocycles. The molecule has 0 spiro atoms. The van der Waals surface area contributed by atoms with Crippen LogP contribution in [-0.2, 0) is 14.3 Å². The van der Waals surface area contributed by atoms with Gasteiger partial charge >= 0.3 is 5.97 Å². The average Bonchev–Trinajstić information content (AvgIpc) is 3.26. The van der Waals surface area contributed by atoms with Crippen molar-refractivity contribution in [3.8, 4) is 0 Å². The number of unbranched alkanes of at least 4 members (excludes halogenated alkanes) is 40. The van der Waals surface area contributed by atoms with Gasteiger partial charge in [0.2, 0.25) is 5.91 Å². The van der Waals surface area contributed by atoms with Gasteiger partial charge in [0.15, 0.2) is 0 Å². The fourth-order valence-electron chi connectivity index (χ4n) is 8.58. The molecule has 0 aromatic rings. The number of hydrogen-bond donors (Lipinski definition) is 3.